The molecule has 0 bridgehead atoms. The first kappa shape index (κ1) is 23.7. The van der Waals surface area contributed by atoms with Crippen molar-refractivity contribution in [1.82, 2.24) is 5.32 Å². The Hall–Kier alpha value is -2.91. The van der Waals surface area contributed by atoms with Gasteiger partial charge < -0.3 is 14.5 Å². The summed E-state index contributed by atoms with van der Waals surface area (Å²) < 4.78 is 38.5. The average Bonchev–Trinajstić information content (AvgIpc) is 3.31. The number of ether oxygens (including phenoxy) is 1. The van der Waals surface area contributed by atoms with Gasteiger partial charge in [-0.15, -0.1) is 0 Å². The number of sulfonamides is 1. The van der Waals surface area contributed by atoms with Crippen molar-refractivity contribution in [3.8, 4) is 5.75 Å². The third kappa shape index (κ3) is 6.08. The van der Waals surface area contributed by atoms with Crippen LogP contribution in [0, 0.1) is 6.92 Å². The summed E-state index contributed by atoms with van der Waals surface area (Å²) >= 11 is 1.62. The number of para-hydroxylation sites is 1. The lowest BCUT2D eigenvalue weighted by atomic mass is 10.2. The SMILES string of the molecule is COc1ccc(S(=O)(=O)N(CC(=O)NCCSCc2ccco2)c2ccccc2)cc1C. The number of benzene rings is 2. The van der Waals surface area contributed by atoms with Crippen LogP contribution in [0.5, 0.6) is 5.75 Å². The maximum absolute atomic E-state index is 13.4. The molecule has 1 aromatic heterocycles. The topological polar surface area (TPSA) is 88.9 Å². The lowest BCUT2D eigenvalue weighted by Gasteiger charge is -2.24. The Labute approximate surface area is 192 Å². The van der Waals surface area contributed by atoms with E-state index in [1.165, 1.54) is 13.2 Å². The highest BCUT2D eigenvalue weighted by atomic mass is 32.2. The molecule has 0 saturated carbocycles. The van der Waals surface area contributed by atoms with Crippen LogP contribution in [-0.4, -0.2) is 40.3 Å². The van der Waals surface area contributed by atoms with Crippen LogP contribution in [0.25, 0.3) is 0 Å². The largest absolute Gasteiger partial charge is 0.496 e. The monoisotopic (exact) mass is 474 g/mol. The molecule has 1 heterocycles. The van der Waals surface area contributed by atoms with E-state index < -0.39 is 10.0 Å². The molecule has 1 amide bonds. The van der Waals surface area contributed by atoms with Crippen LogP contribution in [0.15, 0.2) is 76.2 Å². The van der Waals surface area contributed by atoms with E-state index in [-0.39, 0.29) is 17.3 Å². The maximum atomic E-state index is 13.4. The highest BCUT2D eigenvalue weighted by Gasteiger charge is 2.27. The molecule has 0 fully saturated rings. The van der Waals surface area contributed by atoms with Gasteiger partial charge in [0.1, 0.15) is 18.1 Å². The Morgan fingerprint density at radius 2 is 1.91 bits per heavy atom. The van der Waals surface area contributed by atoms with Gasteiger partial charge >= 0.3 is 0 Å². The van der Waals surface area contributed by atoms with Crippen molar-refractivity contribution in [3.63, 3.8) is 0 Å². The van der Waals surface area contributed by atoms with Crippen molar-refractivity contribution in [1.29, 1.82) is 0 Å². The summed E-state index contributed by atoms with van der Waals surface area (Å²) in [5.74, 6) is 2.49. The van der Waals surface area contributed by atoms with Crippen LogP contribution >= 0.6 is 11.8 Å². The molecule has 32 heavy (non-hydrogen) atoms. The van der Waals surface area contributed by atoms with Crippen molar-refractivity contribution in [2.24, 2.45) is 0 Å². The second-order valence-electron chi connectivity index (χ2n) is 6.96. The van der Waals surface area contributed by atoms with E-state index in [0.29, 0.717) is 35.1 Å². The summed E-state index contributed by atoms with van der Waals surface area (Å²) in [6.45, 7) is 1.88. The second kappa shape index (κ2) is 11.1. The van der Waals surface area contributed by atoms with E-state index in [1.54, 1.807) is 67.4 Å². The summed E-state index contributed by atoms with van der Waals surface area (Å²) in [5, 5.41) is 2.80. The molecule has 0 atom stereocenters. The van der Waals surface area contributed by atoms with Crippen LogP contribution in [0.3, 0.4) is 0 Å². The summed E-state index contributed by atoms with van der Waals surface area (Å²) in [7, 11) is -2.43. The highest BCUT2D eigenvalue weighted by molar-refractivity contribution is 7.98. The number of furan rings is 1. The fourth-order valence-corrected chi connectivity index (χ4v) is 5.33. The van der Waals surface area contributed by atoms with Gasteiger partial charge in [-0.2, -0.15) is 11.8 Å². The average molecular weight is 475 g/mol. The molecule has 9 heteroatoms. The van der Waals surface area contributed by atoms with Gasteiger partial charge in [0, 0.05) is 12.3 Å². The number of methoxy groups -OCH3 is 1. The Morgan fingerprint density at radius 3 is 2.56 bits per heavy atom. The Balaban J connectivity index is 1.69. The van der Waals surface area contributed by atoms with Crippen molar-refractivity contribution < 1.29 is 22.4 Å². The minimum absolute atomic E-state index is 0.0986. The van der Waals surface area contributed by atoms with Gasteiger partial charge in [-0.05, 0) is 55.0 Å². The van der Waals surface area contributed by atoms with Gasteiger partial charge in [-0.25, -0.2) is 8.42 Å². The Morgan fingerprint density at radius 1 is 1.12 bits per heavy atom. The second-order valence-corrected chi connectivity index (χ2v) is 9.93. The first-order valence-electron chi connectivity index (χ1n) is 10.0. The summed E-state index contributed by atoms with van der Waals surface area (Å²) in [5.41, 5.74) is 1.11. The molecular weight excluding hydrogens is 448 g/mol. The molecule has 3 aromatic rings. The number of thioether (sulfide) groups is 1. The lowest BCUT2D eigenvalue weighted by molar-refractivity contribution is -0.119. The zero-order valence-electron chi connectivity index (χ0n) is 18.0. The van der Waals surface area contributed by atoms with Gasteiger partial charge in [-0.1, -0.05) is 18.2 Å². The van der Waals surface area contributed by atoms with Crippen molar-refractivity contribution >= 4 is 33.4 Å². The van der Waals surface area contributed by atoms with E-state index in [0.717, 1.165) is 10.1 Å². The van der Waals surface area contributed by atoms with E-state index in [4.69, 9.17) is 9.15 Å². The molecule has 0 unspecified atom stereocenters. The molecule has 0 aliphatic rings. The van der Waals surface area contributed by atoms with Gasteiger partial charge in [0.2, 0.25) is 5.91 Å². The first-order chi connectivity index (χ1) is 15.4. The van der Waals surface area contributed by atoms with Gasteiger partial charge in [0.05, 0.1) is 29.7 Å². The number of hydrogen-bond acceptors (Lipinski definition) is 6. The van der Waals surface area contributed by atoms with E-state index in [1.807, 2.05) is 12.1 Å². The molecule has 170 valence electrons. The smallest absolute Gasteiger partial charge is 0.264 e. The van der Waals surface area contributed by atoms with Crippen molar-refractivity contribution in [2.75, 3.05) is 30.3 Å². The summed E-state index contributed by atoms with van der Waals surface area (Å²) in [4.78, 5) is 12.7. The van der Waals surface area contributed by atoms with Crippen molar-refractivity contribution in [3.05, 3.63) is 78.3 Å². The van der Waals surface area contributed by atoms with Crippen molar-refractivity contribution in [2.45, 2.75) is 17.6 Å². The van der Waals surface area contributed by atoms with E-state index >= 15 is 0 Å². The molecule has 7 nitrogen and oxygen atoms in total. The number of carbonyl (C=O) groups is 1. The van der Waals surface area contributed by atoms with Crippen LogP contribution in [0.4, 0.5) is 5.69 Å². The molecule has 0 aliphatic carbocycles. The van der Waals surface area contributed by atoms with Crippen LogP contribution in [0.1, 0.15) is 11.3 Å². The number of nitrogens with one attached hydrogen (secondary N) is 1. The van der Waals surface area contributed by atoms with E-state index in [9.17, 15) is 13.2 Å². The van der Waals surface area contributed by atoms with Gasteiger partial charge in [-0.3, -0.25) is 9.10 Å². The predicted octanol–water partition coefficient (Wildman–Crippen LogP) is 3.84. The maximum Gasteiger partial charge on any atom is 0.264 e. The fourth-order valence-electron chi connectivity index (χ4n) is 3.06. The quantitative estimate of drug-likeness (QED) is 0.425. The Kier molecular flexibility index (Phi) is 8.24. The molecule has 3 rings (SSSR count). The zero-order valence-corrected chi connectivity index (χ0v) is 19.6. The number of anilines is 1. The Bertz CT molecular complexity index is 1120. The first-order valence-corrected chi connectivity index (χ1v) is 12.6. The summed E-state index contributed by atoms with van der Waals surface area (Å²) in [6, 6.07) is 17.0. The third-order valence-electron chi connectivity index (χ3n) is 4.68. The molecule has 1 N–H and O–H groups in total. The highest BCUT2D eigenvalue weighted by Crippen LogP contribution is 2.27. The zero-order chi connectivity index (χ0) is 23.0. The third-order valence-corrected chi connectivity index (χ3v) is 7.43. The van der Waals surface area contributed by atoms with Crippen LogP contribution in [0.2, 0.25) is 0 Å². The molecule has 0 saturated heterocycles. The van der Waals surface area contributed by atoms with Crippen LogP contribution in [-0.2, 0) is 20.6 Å². The summed E-state index contributed by atoms with van der Waals surface area (Å²) in [6.07, 6.45) is 1.63. The number of rotatable bonds is 11. The minimum atomic E-state index is -3.96. The molecule has 0 radical (unpaired) electrons. The molecule has 0 spiro atoms. The van der Waals surface area contributed by atoms with Gasteiger partial charge in [0.25, 0.3) is 10.0 Å². The van der Waals surface area contributed by atoms with Crippen LogP contribution < -0.4 is 14.4 Å². The molecular formula is C23H26N2O5S2. The minimum Gasteiger partial charge on any atom is -0.496 e. The number of aryl methyl sites for hydroxylation is 1. The fraction of sp³-hybridized carbons (Fsp3) is 0.261. The van der Waals surface area contributed by atoms with Gasteiger partial charge in [0.15, 0.2) is 0 Å². The molecule has 2 aromatic carbocycles. The van der Waals surface area contributed by atoms with E-state index in [2.05, 4.69) is 5.32 Å². The standard InChI is InChI=1S/C23H26N2O5S2/c1-18-15-21(10-11-22(18)29-2)32(27,28)25(19-7-4-3-5-8-19)16-23(26)24-12-14-31-17-20-9-6-13-30-20/h3-11,13,15H,12,14,16-17H2,1-2H3,(H,24,26). The molecule has 0 aliphatic heterocycles. The number of hydrogen-bond donors (Lipinski definition) is 1. The number of amides is 1. The number of nitrogens with zero attached hydrogens (tertiary/aromatic N) is 1. The number of carbonyl (C=O) groups excluding carboxylic acids is 1. The lowest BCUT2D eigenvalue weighted by Crippen LogP contribution is -2.41. The normalized spacial score (nSPS) is 11.2. The predicted molar refractivity (Wildman–Crippen MR) is 127 cm³/mol.